The molecule has 4 nitrogen and oxygen atoms in total. The molecule has 2 N–H and O–H groups in total. The molecule has 1 aromatic rings. The zero-order valence-electron chi connectivity index (χ0n) is 9.09. The molecule has 0 saturated carbocycles. The van der Waals surface area contributed by atoms with E-state index < -0.39 is 11.9 Å². The van der Waals surface area contributed by atoms with Crippen molar-refractivity contribution in [3.05, 3.63) is 60.2 Å². The van der Waals surface area contributed by atoms with Crippen LogP contribution in [0.4, 0.5) is 0 Å². The molecule has 0 unspecified atom stereocenters. The van der Waals surface area contributed by atoms with Gasteiger partial charge >= 0.3 is 11.9 Å². The van der Waals surface area contributed by atoms with Crippen LogP contribution in [0.25, 0.3) is 0 Å². The van der Waals surface area contributed by atoms with Crippen LogP contribution in [-0.2, 0) is 0 Å². The number of hydrogen-bond donors (Lipinski definition) is 2. The molecule has 0 heterocycles. The molecule has 0 spiro atoms. The normalized spacial score (nSPS) is 9.94. The van der Waals surface area contributed by atoms with Crippen LogP contribution < -0.4 is 0 Å². The first-order valence-electron chi connectivity index (χ1n) is 4.87. The number of benzene rings is 1. The summed E-state index contributed by atoms with van der Waals surface area (Å²) in [5.74, 6) is -2.93. The van der Waals surface area contributed by atoms with E-state index in [-0.39, 0.29) is 17.0 Å². The average molecular weight is 232 g/mol. The SMILES string of the molecule is C=CC(C=C)c1cccc(C(=O)O)c1C(=O)O. The molecule has 1 aromatic carbocycles. The summed E-state index contributed by atoms with van der Waals surface area (Å²) >= 11 is 0. The van der Waals surface area contributed by atoms with Crippen molar-refractivity contribution in [2.24, 2.45) is 0 Å². The second-order valence-corrected chi connectivity index (χ2v) is 3.38. The number of carboxylic acid groups (broad SMARTS) is 2. The maximum Gasteiger partial charge on any atom is 0.336 e. The number of carbonyl (C=O) groups is 2. The predicted molar refractivity (Wildman–Crippen MR) is 63.5 cm³/mol. The fourth-order valence-electron chi connectivity index (χ4n) is 1.62. The van der Waals surface area contributed by atoms with Gasteiger partial charge in [0.15, 0.2) is 0 Å². The molecule has 0 bridgehead atoms. The summed E-state index contributed by atoms with van der Waals surface area (Å²) in [4.78, 5) is 22.1. The van der Waals surface area contributed by atoms with Crippen molar-refractivity contribution in [3.63, 3.8) is 0 Å². The lowest BCUT2D eigenvalue weighted by Crippen LogP contribution is -2.12. The van der Waals surface area contributed by atoms with E-state index in [0.717, 1.165) is 0 Å². The number of hydrogen-bond acceptors (Lipinski definition) is 2. The second kappa shape index (κ2) is 5.12. The molecule has 0 radical (unpaired) electrons. The highest BCUT2D eigenvalue weighted by atomic mass is 16.4. The monoisotopic (exact) mass is 232 g/mol. The van der Waals surface area contributed by atoms with Crippen LogP contribution in [0.5, 0.6) is 0 Å². The molecule has 4 heteroatoms. The van der Waals surface area contributed by atoms with Gasteiger partial charge < -0.3 is 10.2 Å². The van der Waals surface area contributed by atoms with Crippen molar-refractivity contribution in [2.75, 3.05) is 0 Å². The van der Waals surface area contributed by atoms with Crippen molar-refractivity contribution in [3.8, 4) is 0 Å². The molecular weight excluding hydrogens is 220 g/mol. The molecule has 17 heavy (non-hydrogen) atoms. The van der Waals surface area contributed by atoms with Crippen molar-refractivity contribution < 1.29 is 19.8 Å². The smallest absolute Gasteiger partial charge is 0.336 e. The Balaban J connectivity index is 3.55. The molecule has 0 atom stereocenters. The van der Waals surface area contributed by atoms with Crippen LogP contribution >= 0.6 is 0 Å². The van der Waals surface area contributed by atoms with Gasteiger partial charge in [-0.3, -0.25) is 0 Å². The van der Waals surface area contributed by atoms with Crippen molar-refractivity contribution in [1.82, 2.24) is 0 Å². The highest BCUT2D eigenvalue weighted by molar-refractivity contribution is 6.03. The summed E-state index contributed by atoms with van der Waals surface area (Å²) in [6.07, 6.45) is 3.03. The lowest BCUT2D eigenvalue weighted by Gasteiger charge is -2.13. The molecule has 0 aliphatic carbocycles. The average Bonchev–Trinajstić information content (AvgIpc) is 2.30. The Morgan fingerprint density at radius 1 is 1.12 bits per heavy atom. The minimum absolute atomic E-state index is 0.218. The van der Waals surface area contributed by atoms with Gasteiger partial charge in [-0.15, -0.1) is 13.2 Å². The summed E-state index contributed by atoms with van der Waals surface area (Å²) in [6, 6.07) is 4.33. The van der Waals surface area contributed by atoms with Gasteiger partial charge in [0, 0.05) is 5.92 Å². The topological polar surface area (TPSA) is 74.6 Å². The summed E-state index contributed by atoms with van der Waals surface area (Å²) in [7, 11) is 0. The highest BCUT2D eigenvalue weighted by Gasteiger charge is 2.22. The minimum Gasteiger partial charge on any atom is -0.478 e. The minimum atomic E-state index is -1.27. The van der Waals surface area contributed by atoms with E-state index in [1.807, 2.05) is 0 Å². The van der Waals surface area contributed by atoms with Gasteiger partial charge in [-0.2, -0.15) is 0 Å². The molecular formula is C13H12O4. The molecule has 88 valence electrons. The summed E-state index contributed by atoms with van der Waals surface area (Å²) in [6.45, 7) is 7.14. The molecule has 0 aliphatic rings. The number of rotatable bonds is 5. The maximum absolute atomic E-state index is 11.2. The Kier molecular flexibility index (Phi) is 3.82. The molecule has 0 saturated heterocycles. The third-order valence-corrected chi connectivity index (χ3v) is 2.41. The van der Waals surface area contributed by atoms with Crippen molar-refractivity contribution in [2.45, 2.75) is 5.92 Å². The van der Waals surface area contributed by atoms with Gasteiger partial charge in [0.2, 0.25) is 0 Å². The van der Waals surface area contributed by atoms with Crippen molar-refractivity contribution >= 4 is 11.9 Å². The standard InChI is InChI=1S/C13H12O4/c1-3-8(4-2)9-6-5-7-10(12(14)15)11(9)13(16)17/h3-8H,1-2H2,(H,14,15)(H,16,17). The number of allylic oxidation sites excluding steroid dienone is 2. The molecule has 0 aromatic heterocycles. The fraction of sp³-hybridized carbons (Fsp3) is 0.0769. The van der Waals surface area contributed by atoms with E-state index >= 15 is 0 Å². The van der Waals surface area contributed by atoms with Gasteiger partial charge in [0.05, 0.1) is 11.1 Å². The van der Waals surface area contributed by atoms with E-state index in [9.17, 15) is 9.59 Å². The van der Waals surface area contributed by atoms with Gasteiger partial charge in [0.25, 0.3) is 0 Å². The second-order valence-electron chi connectivity index (χ2n) is 3.38. The Morgan fingerprint density at radius 2 is 1.71 bits per heavy atom. The van der Waals surface area contributed by atoms with Crippen LogP contribution in [0.1, 0.15) is 32.2 Å². The zero-order valence-corrected chi connectivity index (χ0v) is 9.09. The lowest BCUT2D eigenvalue weighted by atomic mass is 9.91. The molecule has 0 aliphatic heterocycles. The van der Waals surface area contributed by atoms with Crippen LogP contribution in [0, 0.1) is 0 Å². The Bertz CT molecular complexity index is 480. The first-order chi connectivity index (χ1) is 8.02. The lowest BCUT2D eigenvalue weighted by molar-refractivity contribution is 0.0650. The van der Waals surface area contributed by atoms with E-state index in [1.54, 1.807) is 6.07 Å². The zero-order chi connectivity index (χ0) is 13.0. The van der Waals surface area contributed by atoms with Crippen LogP contribution in [0.2, 0.25) is 0 Å². The molecule has 0 amide bonds. The first-order valence-corrected chi connectivity index (χ1v) is 4.87. The van der Waals surface area contributed by atoms with E-state index in [2.05, 4.69) is 13.2 Å². The largest absolute Gasteiger partial charge is 0.478 e. The highest BCUT2D eigenvalue weighted by Crippen LogP contribution is 2.25. The van der Waals surface area contributed by atoms with E-state index in [0.29, 0.717) is 5.56 Å². The van der Waals surface area contributed by atoms with Gasteiger partial charge in [-0.1, -0.05) is 24.3 Å². The van der Waals surface area contributed by atoms with Gasteiger partial charge in [0.1, 0.15) is 0 Å². The number of aromatic carboxylic acids is 2. The maximum atomic E-state index is 11.2. The van der Waals surface area contributed by atoms with E-state index in [1.165, 1.54) is 24.3 Å². The summed E-state index contributed by atoms with van der Waals surface area (Å²) in [5, 5.41) is 18.1. The van der Waals surface area contributed by atoms with Gasteiger partial charge in [-0.05, 0) is 11.6 Å². The number of carboxylic acids is 2. The van der Waals surface area contributed by atoms with Crippen LogP contribution in [-0.4, -0.2) is 22.2 Å². The Morgan fingerprint density at radius 3 is 2.12 bits per heavy atom. The van der Waals surface area contributed by atoms with Gasteiger partial charge in [-0.25, -0.2) is 9.59 Å². The summed E-state index contributed by atoms with van der Waals surface area (Å²) in [5.41, 5.74) is -0.0732. The fourth-order valence-corrected chi connectivity index (χ4v) is 1.62. The van der Waals surface area contributed by atoms with E-state index in [4.69, 9.17) is 10.2 Å². The summed E-state index contributed by atoms with van der Waals surface area (Å²) < 4.78 is 0. The predicted octanol–water partition coefficient (Wildman–Crippen LogP) is 2.54. The van der Waals surface area contributed by atoms with Crippen molar-refractivity contribution in [1.29, 1.82) is 0 Å². The van der Waals surface area contributed by atoms with Crippen LogP contribution in [0.15, 0.2) is 43.5 Å². The molecule has 0 fully saturated rings. The van der Waals surface area contributed by atoms with Crippen LogP contribution in [0.3, 0.4) is 0 Å². The molecule has 1 rings (SSSR count). The third-order valence-electron chi connectivity index (χ3n) is 2.41. The quantitative estimate of drug-likeness (QED) is 0.765. The first kappa shape index (κ1) is 12.7. The Hall–Kier alpha value is -2.36. The third kappa shape index (κ3) is 2.42. The Labute approximate surface area is 98.5 Å².